The minimum Gasteiger partial charge on any atom is -0.508 e. The molecule has 42 heavy (non-hydrogen) atoms. The van der Waals surface area contributed by atoms with Crippen molar-refractivity contribution in [2.45, 2.75) is 33.7 Å². The van der Waals surface area contributed by atoms with Gasteiger partial charge in [-0.1, -0.05) is 0 Å². The maximum atomic E-state index is 11.8. The SMILES string of the molecule is Cc1cc(-c2nc(C(C)Nc3ncnc4[nH]cc(-c5cc(O)cc(NS(C)(=O)=O)c5)c34)nn3ccc(C)c23)cc(C)n1. The average molecular weight is 584 g/mol. The molecule has 0 fully saturated rings. The number of pyridine rings is 1. The Kier molecular flexibility index (Phi) is 6.53. The van der Waals surface area contributed by atoms with Crippen LogP contribution in [0.2, 0.25) is 0 Å². The van der Waals surface area contributed by atoms with Crippen molar-refractivity contribution in [1.29, 1.82) is 0 Å². The van der Waals surface area contributed by atoms with Gasteiger partial charge in [0.05, 0.1) is 34.6 Å². The molecular weight excluding hydrogens is 554 g/mol. The molecular formula is C29H29N9O3S. The normalized spacial score (nSPS) is 12.6. The van der Waals surface area contributed by atoms with Gasteiger partial charge in [-0.05, 0) is 69.2 Å². The monoisotopic (exact) mass is 583 g/mol. The summed E-state index contributed by atoms with van der Waals surface area (Å²) < 4.78 is 27.9. The summed E-state index contributed by atoms with van der Waals surface area (Å²) >= 11 is 0. The van der Waals surface area contributed by atoms with Crippen molar-refractivity contribution in [3.63, 3.8) is 0 Å². The number of aryl methyl sites for hydroxylation is 3. The summed E-state index contributed by atoms with van der Waals surface area (Å²) in [6.07, 6.45) is 6.16. The Bertz CT molecular complexity index is 2080. The van der Waals surface area contributed by atoms with E-state index in [1.807, 2.05) is 56.6 Å². The van der Waals surface area contributed by atoms with Crippen LogP contribution in [0.25, 0.3) is 38.9 Å². The largest absolute Gasteiger partial charge is 0.508 e. The van der Waals surface area contributed by atoms with Crippen LogP contribution < -0.4 is 10.0 Å². The summed E-state index contributed by atoms with van der Waals surface area (Å²) in [4.78, 5) is 21.6. The lowest BCUT2D eigenvalue weighted by Crippen LogP contribution is -2.15. The van der Waals surface area contributed by atoms with E-state index in [0.717, 1.165) is 40.0 Å². The van der Waals surface area contributed by atoms with Crippen molar-refractivity contribution >= 4 is 38.1 Å². The van der Waals surface area contributed by atoms with Crippen molar-refractivity contribution in [3.05, 3.63) is 77.9 Å². The van der Waals surface area contributed by atoms with Crippen LogP contribution in [0.3, 0.4) is 0 Å². The number of hydrogen-bond donors (Lipinski definition) is 4. The first-order valence-corrected chi connectivity index (χ1v) is 15.1. The van der Waals surface area contributed by atoms with Gasteiger partial charge in [0.1, 0.15) is 23.5 Å². The number of phenolic OH excluding ortho intramolecular Hbond substituents is 1. The highest BCUT2D eigenvalue weighted by Gasteiger charge is 2.20. The summed E-state index contributed by atoms with van der Waals surface area (Å²) in [5.41, 5.74) is 7.62. The predicted octanol–water partition coefficient (Wildman–Crippen LogP) is 4.91. The number of aromatic hydroxyl groups is 1. The molecule has 6 rings (SSSR count). The molecule has 1 aromatic carbocycles. The molecule has 1 unspecified atom stereocenters. The molecule has 0 saturated heterocycles. The fraction of sp³-hybridized carbons (Fsp3) is 0.207. The summed E-state index contributed by atoms with van der Waals surface area (Å²) in [7, 11) is -3.54. The van der Waals surface area contributed by atoms with Gasteiger partial charge < -0.3 is 15.4 Å². The molecule has 0 bridgehead atoms. The molecule has 13 heteroatoms. The van der Waals surface area contributed by atoms with E-state index in [4.69, 9.17) is 10.1 Å². The van der Waals surface area contributed by atoms with Crippen LogP contribution in [-0.2, 0) is 10.0 Å². The topological polar surface area (TPSA) is 163 Å². The van der Waals surface area contributed by atoms with Gasteiger partial charge in [-0.3, -0.25) is 9.71 Å². The van der Waals surface area contributed by atoms with E-state index in [2.05, 4.69) is 30.0 Å². The number of nitrogens with zero attached hydrogens (tertiary/aromatic N) is 6. The van der Waals surface area contributed by atoms with Crippen LogP contribution in [-0.4, -0.2) is 54.3 Å². The highest BCUT2D eigenvalue weighted by atomic mass is 32.2. The second kappa shape index (κ2) is 10.1. The third-order valence-corrected chi connectivity index (χ3v) is 7.43. The summed E-state index contributed by atoms with van der Waals surface area (Å²) in [5.74, 6) is 0.987. The Balaban J connectivity index is 1.43. The minimum absolute atomic E-state index is 0.0921. The molecule has 0 spiro atoms. The molecule has 0 aliphatic heterocycles. The predicted molar refractivity (Wildman–Crippen MR) is 162 cm³/mol. The molecule has 5 aromatic heterocycles. The number of rotatable bonds is 7. The average Bonchev–Trinajstić information content (AvgIpc) is 3.51. The standard InChI is InChI=1S/C29H29N9O3S/c1-15-6-7-38-26(15)25(20-8-16(2)33-17(3)9-20)35-27(36-38)18(4)34-29-24-23(13-30-28(24)31-14-32-29)19-10-21(12-22(39)11-19)37-42(5,40)41/h6-14,18,37,39H,1-5H3,(H2,30,31,32,34). The van der Waals surface area contributed by atoms with Crippen LogP contribution in [0.1, 0.15) is 35.7 Å². The van der Waals surface area contributed by atoms with E-state index < -0.39 is 10.0 Å². The lowest BCUT2D eigenvalue weighted by atomic mass is 10.0. The van der Waals surface area contributed by atoms with E-state index >= 15 is 0 Å². The van der Waals surface area contributed by atoms with Gasteiger partial charge in [0.2, 0.25) is 10.0 Å². The Hall–Kier alpha value is -5.04. The van der Waals surface area contributed by atoms with Gasteiger partial charge in [-0.2, -0.15) is 5.10 Å². The Labute approximate surface area is 242 Å². The fourth-order valence-electron chi connectivity index (χ4n) is 5.16. The van der Waals surface area contributed by atoms with E-state index in [9.17, 15) is 13.5 Å². The number of phenols is 1. The number of anilines is 2. The van der Waals surface area contributed by atoms with Crippen molar-refractivity contribution in [1.82, 2.24) is 34.5 Å². The smallest absolute Gasteiger partial charge is 0.229 e. The summed E-state index contributed by atoms with van der Waals surface area (Å²) in [6.45, 7) is 7.92. The van der Waals surface area contributed by atoms with Crippen molar-refractivity contribution in [2.24, 2.45) is 0 Å². The first kappa shape index (κ1) is 27.1. The zero-order chi connectivity index (χ0) is 29.8. The van der Waals surface area contributed by atoms with Crippen LogP contribution in [0.4, 0.5) is 11.5 Å². The van der Waals surface area contributed by atoms with Gasteiger partial charge in [0, 0.05) is 41.0 Å². The van der Waals surface area contributed by atoms with Gasteiger partial charge in [-0.15, -0.1) is 0 Å². The highest BCUT2D eigenvalue weighted by molar-refractivity contribution is 7.92. The summed E-state index contributed by atoms with van der Waals surface area (Å²) in [5, 5.41) is 19.3. The van der Waals surface area contributed by atoms with Gasteiger partial charge in [0.15, 0.2) is 5.82 Å². The van der Waals surface area contributed by atoms with Crippen LogP contribution in [0.5, 0.6) is 5.75 Å². The number of benzene rings is 1. The molecule has 1 atom stereocenters. The number of hydrogen-bond acceptors (Lipinski definition) is 9. The Morgan fingerprint density at radius 1 is 1.00 bits per heavy atom. The lowest BCUT2D eigenvalue weighted by molar-refractivity contribution is 0.476. The third-order valence-electron chi connectivity index (χ3n) is 6.83. The number of aromatic amines is 1. The number of sulfonamides is 1. The molecule has 5 heterocycles. The molecule has 4 N–H and O–H groups in total. The number of nitrogens with one attached hydrogen (secondary N) is 3. The molecule has 0 aliphatic carbocycles. The van der Waals surface area contributed by atoms with Gasteiger partial charge >= 0.3 is 0 Å². The second-order valence-corrected chi connectivity index (χ2v) is 12.2. The zero-order valence-corrected chi connectivity index (χ0v) is 24.4. The minimum atomic E-state index is -3.54. The molecule has 0 radical (unpaired) electrons. The van der Waals surface area contributed by atoms with E-state index in [-0.39, 0.29) is 17.5 Å². The molecule has 0 aliphatic rings. The number of aromatic nitrogens is 7. The lowest BCUT2D eigenvalue weighted by Gasteiger charge is -2.17. The highest BCUT2D eigenvalue weighted by Crippen LogP contribution is 2.36. The fourth-order valence-corrected chi connectivity index (χ4v) is 5.71. The van der Waals surface area contributed by atoms with E-state index in [0.29, 0.717) is 33.8 Å². The van der Waals surface area contributed by atoms with Gasteiger partial charge in [0.25, 0.3) is 0 Å². The van der Waals surface area contributed by atoms with Crippen LogP contribution >= 0.6 is 0 Å². The number of fused-ring (bicyclic) bond motifs is 2. The first-order valence-electron chi connectivity index (χ1n) is 13.2. The third kappa shape index (κ3) is 5.21. The molecule has 0 saturated carbocycles. The Morgan fingerprint density at radius 3 is 2.50 bits per heavy atom. The second-order valence-electron chi connectivity index (χ2n) is 10.4. The molecule has 214 valence electrons. The molecule has 0 amide bonds. The zero-order valence-electron chi connectivity index (χ0n) is 23.6. The van der Waals surface area contributed by atoms with Crippen molar-refractivity contribution in [3.8, 4) is 28.1 Å². The Morgan fingerprint density at radius 2 is 1.76 bits per heavy atom. The maximum Gasteiger partial charge on any atom is 0.229 e. The maximum absolute atomic E-state index is 11.8. The van der Waals surface area contributed by atoms with Crippen LogP contribution in [0.15, 0.2) is 55.1 Å². The number of H-pyrrole nitrogens is 1. The van der Waals surface area contributed by atoms with Crippen molar-refractivity contribution in [2.75, 3.05) is 16.3 Å². The molecule has 6 aromatic rings. The van der Waals surface area contributed by atoms with E-state index in [1.165, 1.54) is 12.4 Å². The van der Waals surface area contributed by atoms with Crippen LogP contribution in [0, 0.1) is 20.8 Å². The summed E-state index contributed by atoms with van der Waals surface area (Å²) in [6, 6.07) is 10.2. The quantitative estimate of drug-likeness (QED) is 0.205. The van der Waals surface area contributed by atoms with Gasteiger partial charge in [-0.25, -0.2) is 27.9 Å². The first-order chi connectivity index (χ1) is 19.9. The van der Waals surface area contributed by atoms with Crippen molar-refractivity contribution < 1.29 is 13.5 Å². The molecule has 12 nitrogen and oxygen atoms in total. The van der Waals surface area contributed by atoms with E-state index in [1.54, 1.807) is 18.3 Å².